The van der Waals surface area contributed by atoms with E-state index in [1.165, 1.54) is 32.1 Å². The summed E-state index contributed by atoms with van der Waals surface area (Å²) in [5.74, 6) is 1.24. The molecule has 4 heteroatoms. The van der Waals surface area contributed by atoms with Gasteiger partial charge in [0.2, 0.25) is 0 Å². The van der Waals surface area contributed by atoms with Gasteiger partial charge in [-0.2, -0.15) is 0 Å². The van der Waals surface area contributed by atoms with Gasteiger partial charge in [-0.1, -0.05) is 56.9 Å². The fraction of sp³-hybridized carbons (Fsp3) is 0.556. The number of nitrogens with one attached hydrogen (secondary N) is 1. The summed E-state index contributed by atoms with van der Waals surface area (Å²) in [6.07, 6.45) is 8.13. The normalized spacial score (nSPS) is 10.5. The summed E-state index contributed by atoms with van der Waals surface area (Å²) < 4.78 is 10.9. The van der Waals surface area contributed by atoms with E-state index in [1.807, 2.05) is 12.1 Å². The molecule has 0 saturated heterocycles. The Balaban J connectivity index is 2.47. The van der Waals surface area contributed by atoms with Gasteiger partial charge in [0.1, 0.15) is 6.61 Å². The van der Waals surface area contributed by atoms with Gasteiger partial charge >= 0.3 is 0 Å². The van der Waals surface area contributed by atoms with Crippen LogP contribution in [0.1, 0.15) is 44.6 Å². The zero-order valence-corrected chi connectivity index (χ0v) is 14.5. The van der Waals surface area contributed by atoms with Crippen LogP contribution in [0.25, 0.3) is 0 Å². The number of rotatable bonds is 12. The first kappa shape index (κ1) is 18.9. The smallest absolute Gasteiger partial charge is 0.180 e. The second-order valence-corrected chi connectivity index (χ2v) is 5.71. The van der Waals surface area contributed by atoms with E-state index in [4.69, 9.17) is 21.1 Å². The van der Waals surface area contributed by atoms with Crippen molar-refractivity contribution in [2.75, 3.05) is 20.3 Å². The van der Waals surface area contributed by atoms with Crippen LogP contribution in [0.5, 0.6) is 11.5 Å². The topological polar surface area (TPSA) is 30.5 Å². The molecule has 0 spiro atoms. The number of halogens is 1. The Kier molecular flexibility index (Phi) is 9.76. The maximum atomic E-state index is 6.28. The number of benzene rings is 1. The first-order valence-electron chi connectivity index (χ1n) is 8.03. The molecule has 0 radical (unpaired) electrons. The van der Waals surface area contributed by atoms with E-state index in [-0.39, 0.29) is 0 Å². The molecule has 1 aromatic carbocycles. The Hall–Kier alpha value is -1.19. The molecule has 0 aliphatic rings. The molecule has 0 heterocycles. The first-order chi connectivity index (χ1) is 10.7. The van der Waals surface area contributed by atoms with Crippen molar-refractivity contribution in [3.05, 3.63) is 35.4 Å². The van der Waals surface area contributed by atoms with Crippen molar-refractivity contribution in [3.8, 4) is 11.5 Å². The predicted molar refractivity (Wildman–Crippen MR) is 94.2 cm³/mol. The summed E-state index contributed by atoms with van der Waals surface area (Å²) in [4.78, 5) is 0. The fourth-order valence-electron chi connectivity index (χ4n) is 2.24. The molecule has 0 aromatic heterocycles. The lowest BCUT2D eigenvalue weighted by Gasteiger charge is -2.13. The Bertz CT molecular complexity index is 449. The Morgan fingerprint density at radius 2 is 2.00 bits per heavy atom. The summed E-state index contributed by atoms with van der Waals surface area (Å²) in [6.45, 7) is 8.09. The molecule has 124 valence electrons. The molecule has 0 bridgehead atoms. The van der Waals surface area contributed by atoms with Gasteiger partial charge in [-0.25, -0.2) is 0 Å². The summed E-state index contributed by atoms with van der Waals surface area (Å²) >= 11 is 6.28. The predicted octanol–water partition coefficient (Wildman–Crippen LogP) is 4.97. The van der Waals surface area contributed by atoms with Crippen LogP contribution >= 0.6 is 11.6 Å². The number of methoxy groups -OCH3 is 1. The van der Waals surface area contributed by atoms with Crippen LogP contribution in [0.15, 0.2) is 24.8 Å². The Morgan fingerprint density at radius 3 is 2.68 bits per heavy atom. The van der Waals surface area contributed by atoms with Crippen LogP contribution in [0, 0.1) is 0 Å². The number of ether oxygens (including phenoxy) is 2. The highest BCUT2D eigenvalue weighted by atomic mass is 35.5. The van der Waals surface area contributed by atoms with Crippen LogP contribution in [0.4, 0.5) is 0 Å². The lowest BCUT2D eigenvalue weighted by Crippen LogP contribution is -2.14. The minimum Gasteiger partial charge on any atom is -0.493 e. The van der Waals surface area contributed by atoms with E-state index in [0.29, 0.717) is 23.1 Å². The minimum absolute atomic E-state index is 0.408. The maximum absolute atomic E-state index is 6.28. The molecule has 1 aromatic rings. The zero-order valence-electron chi connectivity index (χ0n) is 13.8. The van der Waals surface area contributed by atoms with Crippen molar-refractivity contribution in [1.82, 2.24) is 5.32 Å². The second kappa shape index (κ2) is 11.4. The maximum Gasteiger partial charge on any atom is 0.180 e. The van der Waals surface area contributed by atoms with E-state index in [2.05, 4.69) is 18.8 Å². The molecular formula is C18H28ClNO2. The van der Waals surface area contributed by atoms with Crippen molar-refractivity contribution in [3.63, 3.8) is 0 Å². The molecule has 0 amide bonds. The third-order valence-electron chi connectivity index (χ3n) is 3.42. The molecule has 0 aliphatic carbocycles. The van der Waals surface area contributed by atoms with Crippen LogP contribution in [0.3, 0.4) is 0 Å². The largest absolute Gasteiger partial charge is 0.493 e. The summed E-state index contributed by atoms with van der Waals surface area (Å²) in [7, 11) is 1.62. The van der Waals surface area contributed by atoms with Gasteiger partial charge in [-0.05, 0) is 30.7 Å². The lowest BCUT2D eigenvalue weighted by molar-refractivity contribution is 0.326. The van der Waals surface area contributed by atoms with Crippen LogP contribution < -0.4 is 14.8 Å². The van der Waals surface area contributed by atoms with Crippen LogP contribution in [-0.4, -0.2) is 20.3 Å². The highest BCUT2D eigenvalue weighted by Gasteiger charge is 2.11. The van der Waals surface area contributed by atoms with E-state index < -0.39 is 0 Å². The minimum atomic E-state index is 0.408. The highest BCUT2D eigenvalue weighted by Crippen LogP contribution is 2.36. The van der Waals surface area contributed by atoms with E-state index >= 15 is 0 Å². The van der Waals surface area contributed by atoms with Crippen molar-refractivity contribution < 1.29 is 9.47 Å². The average molecular weight is 326 g/mol. The van der Waals surface area contributed by atoms with Gasteiger partial charge in [0, 0.05) is 6.54 Å². The molecule has 0 unspecified atom stereocenters. The summed E-state index contributed by atoms with van der Waals surface area (Å²) in [5, 5.41) is 4.02. The second-order valence-electron chi connectivity index (χ2n) is 5.30. The first-order valence-corrected chi connectivity index (χ1v) is 8.41. The van der Waals surface area contributed by atoms with Crippen molar-refractivity contribution >= 4 is 11.6 Å². The zero-order chi connectivity index (χ0) is 16.2. The van der Waals surface area contributed by atoms with Crippen molar-refractivity contribution in [1.29, 1.82) is 0 Å². The quantitative estimate of drug-likeness (QED) is 0.434. The molecular weight excluding hydrogens is 298 g/mol. The molecule has 0 atom stereocenters. The van der Waals surface area contributed by atoms with Crippen LogP contribution in [-0.2, 0) is 6.54 Å². The highest BCUT2D eigenvalue weighted by molar-refractivity contribution is 6.32. The van der Waals surface area contributed by atoms with Gasteiger partial charge in [0.25, 0.3) is 0 Å². The lowest BCUT2D eigenvalue weighted by atomic mass is 10.1. The van der Waals surface area contributed by atoms with Crippen molar-refractivity contribution in [2.45, 2.75) is 45.6 Å². The molecule has 0 fully saturated rings. The molecule has 3 nitrogen and oxygen atoms in total. The summed E-state index contributed by atoms with van der Waals surface area (Å²) in [5.41, 5.74) is 1.10. The van der Waals surface area contributed by atoms with Crippen LogP contribution in [0.2, 0.25) is 5.02 Å². The summed E-state index contributed by atoms with van der Waals surface area (Å²) in [6, 6.07) is 3.89. The number of hydrogen-bond donors (Lipinski definition) is 1. The fourth-order valence-corrected chi connectivity index (χ4v) is 2.53. The molecule has 0 saturated carbocycles. The molecule has 0 aliphatic heterocycles. The standard InChI is InChI=1S/C18H28ClNO2/c1-4-6-7-8-9-10-20-14-15-12-16(19)18(22-11-5-2)17(13-15)21-3/h5,12-13,20H,2,4,6-11,14H2,1,3H3. The van der Waals surface area contributed by atoms with Gasteiger partial charge in [-0.3, -0.25) is 0 Å². The third kappa shape index (κ3) is 6.71. The van der Waals surface area contributed by atoms with E-state index in [0.717, 1.165) is 18.7 Å². The van der Waals surface area contributed by atoms with E-state index in [9.17, 15) is 0 Å². The monoisotopic (exact) mass is 325 g/mol. The number of unbranched alkanes of at least 4 members (excludes halogenated alkanes) is 4. The number of hydrogen-bond acceptors (Lipinski definition) is 3. The van der Waals surface area contributed by atoms with Gasteiger partial charge in [0.05, 0.1) is 12.1 Å². The Morgan fingerprint density at radius 1 is 1.23 bits per heavy atom. The average Bonchev–Trinajstić information content (AvgIpc) is 2.52. The SMILES string of the molecule is C=CCOc1c(Cl)cc(CNCCCCCCC)cc1OC. The van der Waals surface area contributed by atoms with Gasteiger partial charge < -0.3 is 14.8 Å². The van der Waals surface area contributed by atoms with E-state index in [1.54, 1.807) is 13.2 Å². The third-order valence-corrected chi connectivity index (χ3v) is 3.70. The Labute approximate surface area is 139 Å². The van der Waals surface area contributed by atoms with Gasteiger partial charge in [-0.15, -0.1) is 0 Å². The molecule has 1 rings (SSSR count). The molecule has 22 heavy (non-hydrogen) atoms. The molecule has 1 N–H and O–H groups in total. The van der Waals surface area contributed by atoms with Crippen molar-refractivity contribution in [2.24, 2.45) is 0 Å². The van der Waals surface area contributed by atoms with Gasteiger partial charge in [0.15, 0.2) is 11.5 Å².